The summed E-state index contributed by atoms with van der Waals surface area (Å²) >= 11 is 0. The molecule has 0 bridgehead atoms. The van der Waals surface area contributed by atoms with Crippen LogP contribution in [0.5, 0.6) is 0 Å². The molecule has 0 aliphatic carbocycles. The third-order valence-electron chi connectivity index (χ3n) is 5.89. The molecule has 0 fully saturated rings. The van der Waals surface area contributed by atoms with Crippen molar-refractivity contribution in [1.29, 1.82) is 0 Å². The summed E-state index contributed by atoms with van der Waals surface area (Å²) < 4.78 is 0. The Hall–Kier alpha value is -4.52. The molecule has 0 atom stereocenters. The number of nitrogens with zero attached hydrogens (tertiary/aromatic N) is 5. The van der Waals surface area contributed by atoms with E-state index in [2.05, 4.69) is 4.98 Å². The number of hydrogen-bond donors (Lipinski definition) is 0. The minimum absolute atomic E-state index is 0.0591. The van der Waals surface area contributed by atoms with E-state index in [1.807, 2.05) is 66.7 Å². The topological polar surface area (TPSA) is 94.7 Å². The van der Waals surface area contributed by atoms with Gasteiger partial charge >= 0.3 is 0 Å². The second kappa shape index (κ2) is 7.56. The van der Waals surface area contributed by atoms with E-state index in [-0.39, 0.29) is 10.6 Å². The summed E-state index contributed by atoms with van der Waals surface area (Å²) in [6.07, 6.45) is 1.01. The molecule has 4 aromatic carbocycles. The lowest BCUT2D eigenvalue weighted by Gasteiger charge is -2.10. The molecule has 6 rings (SSSR count). The van der Waals surface area contributed by atoms with Gasteiger partial charge in [0.1, 0.15) is 0 Å². The fourth-order valence-corrected chi connectivity index (χ4v) is 4.31. The first kappa shape index (κ1) is 19.2. The van der Waals surface area contributed by atoms with Gasteiger partial charge < -0.3 is 0 Å². The van der Waals surface area contributed by atoms with E-state index in [1.54, 1.807) is 6.07 Å². The smallest absolute Gasteiger partial charge is 0.258 e. The Labute approximate surface area is 187 Å². The van der Waals surface area contributed by atoms with E-state index in [9.17, 15) is 10.1 Å². The van der Waals surface area contributed by atoms with E-state index in [4.69, 9.17) is 15.0 Å². The summed E-state index contributed by atoms with van der Waals surface area (Å²) in [5.41, 5.74) is 7.63. The highest BCUT2D eigenvalue weighted by Gasteiger charge is 2.20. The maximum Gasteiger partial charge on any atom is 0.274 e. The van der Waals surface area contributed by atoms with Crippen molar-refractivity contribution in [2.75, 3.05) is 0 Å². The van der Waals surface area contributed by atoms with E-state index in [0.29, 0.717) is 35.0 Å². The van der Waals surface area contributed by atoms with Crippen molar-refractivity contribution in [2.45, 2.75) is 12.8 Å². The van der Waals surface area contributed by atoms with Crippen molar-refractivity contribution in [2.24, 2.45) is 0 Å². The Morgan fingerprint density at radius 2 is 1.12 bits per heavy atom. The third-order valence-corrected chi connectivity index (χ3v) is 5.89. The summed E-state index contributed by atoms with van der Waals surface area (Å²) in [5, 5.41) is 11.8. The Morgan fingerprint density at radius 1 is 0.576 bits per heavy atom. The van der Waals surface area contributed by atoms with Crippen LogP contribution in [-0.4, -0.2) is 24.9 Å². The minimum Gasteiger partial charge on any atom is -0.258 e. The maximum atomic E-state index is 11.8. The second-order valence-electron chi connectivity index (χ2n) is 7.90. The Morgan fingerprint density at radius 3 is 1.76 bits per heavy atom. The third kappa shape index (κ3) is 3.30. The van der Waals surface area contributed by atoms with Gasteiger partial charge in [0.05, 0.1) is 54.6 Å². The number of aryl methyl sites for hydroxylation is 2. The highest BCUT2D eigenvalue weighted by molar-refractivity contribution is 5.90. The largest absolute Gasteiger partial charge is 0.274 e. The van der Waals surface area contributed by atoms with Crippen LogP contribution in [0.3, 0.4) is 0 Å². The normalized spacial score (nSPS) is 11.5. The standard InChI is InChI=1S/C26H17N5O2/c32-31(33)24-15-14-23-26(30-21-10-4-2-8-19(21)28-23)17(24)13-12-16-6-5-11-22-25(16)29-20-9-3-1-7-18(20)27-22/h1-11,14-15H,12-13H2. The molecule has 0 amide bonds. The summed E-state index contributed by atoms with van der Waals surface area (Å²) in [5.74, 6) is 0. The van der Waals surface area contributed by atoms with E-state index >= 15 is 0 Å². The van der Waals surface area contributed by atoms with Gasteiger partial charge in [0, 0.05) is 6.07 Å². The molecule has 7 nitrogen and oxygen atoms in total. The fourth-order valence-electron chi connectivity index (χ4n) is 4.31. The van der Waals surface area contributed by atoms with Gasteiger partial charge in [-0.2, -0.15) is 0 Å². The molecule has 6 aromatic rings. The first-order valence-electron chi connectivity index (χ1n) is 10.6. The van der Waals surface area contributed by atoms with E-state index < -0.39 is 0 Å². The second-order valence-corrected chi connectivity index (χ2v) is 7.90. The van der Waals surface area contributed by atoms with Crippen LogP contribution >= 0.6 is 0 Å². The van der Waals surface area contributed by atoms with Crippen LogP contribution in [0.25, 0.3) is 44.1 Å². The average Bonchev–Trinajstić information content (AvgIpc) is 2.84. The van der Waals surface area contributed by atoms with Crippen LogP contribution in [0, 0.1) is 10.1 Å². The highest BCUT2D eigenvalue weighted by Crippen LogP contribution is 2.29. The SMILES string of the molecule is O=[N+]([O-])c1ccc2nc3ccccc3nc2c1CCc1cccc2nc3ccccc3nc12. The molecule has 0 N–H and O–H groups in total. The highest BCUT2D eigenvalue weighted by atomic mass is 16.6. The van der Waals surface area contributed by atoms with Crippen molar-refractivity contribution in [1.82, 2.24) is 19.9 Å². The van der Waals surface area contributed by atoms with Gasteiger partial charge in [-0.3, -0.25) is 10.1 Å². The lowest BCUT2D eigenvalue weighted by atomic mass is 10.00. The molecule has 2 aromatic heterocycles. The molecule has 0 radical (unpaired) electrons. The lowest BCUT2D eigenvalue weighted by molar-refractivity contribution is -0.385. The molecule has 0 unspecified atom stereocenters. The average molecular weight is 431 g/mol. The monoisotopic (exact) mass is 431 g/mol. The first-order chi connectivity index (χ1) is 16.2. The molecule has 0 aliphatic heterocycles. The molecule has 0 saturated carbocycles. The van der Waals surface area contributed by atoms with Gasteiger partial charge in [-0.25, -0.2) is 19.9 Å². The number of hydrogen-bond acceptors (Lipinski definition) is 6. The van der Waals surface area contributed by atoms with Gasteiger partial charge in [-0.05, 0) is 54.8 Å². The van der Waals surface area contributed by atoms with Crippen LogP contribution < -0.4 is 0 Å². The number of aromatic nitrogens is 4. The zero-order valence-electron chi connectivity index (χ0n) is 17.5. The van der Waals surface area contributed by atoms with Crippen LogP contribution in [0.2, 0.25) is 0 Å². The zero-order valence-corrected chi connectivity index (χ0v) is 17.5. The van der Waals surface area contributed by atoms with Crippen LogP contribution in [0.15, 0.2) is 78.9 Å². The minimum atomic E-state index is -0.345. The number of nitro benzene ring substituents is 1. The fraction of sp³-hybridized carbons (Fsp3) is 0.0769. The zero-order chi connectivity index (χ0) is 22.4. The molecule has 0 saturated heterocycles. The predicted octanol–water partition coefficient (Wildman–Crippen LogP) is 5.57. The van der Waals surface area contributed by atoms with Gasteiger partial charge in [0.15, 0.2) is 0 Å². The van der Waals surface area contributed by atoms with Crippen molar-refractivity contribution in [3.8, 4) is 0 Å². The summed E-state index contributed by atoms with van der Waals surface area (Å²) in [6, 6.07) is 24.4. The summed E-state index contributed by atoms with van der Waals surface area (Å²) in [4.78, 5) is 30.5. The molecule has 33 heavy (non-hydrogen) atoms. The number of benzene rings is 4. The Kier molecular flexibility index (Phi) is 4.40. The Balaban J connectivity index is 1.48. The van der Waals surface area contributed by atoms with Crippen molar-refractivity contribution in [3.05, 3.63) is 100 Å². The molecule has 0 spiro atoms. The predicted molar refractivity (Wildman–Crippen MR) is 128 cm³/mol. The summed E-state index contributed by atoms with van der Waals surface area (Å²) in [6.45, 7) is 0. The molecule has 2 heterocycles. The maximum absolute atomic E-state index is 11.8. The number of para-hydroxylation sites is 5. The van der Waals surface area contributed by atoms with Crippen LogP contribution in [0.1, 0.15) is 11.1 Å². The van der Waals surface area contributed by atoms with E-state index in [1.165, 1.54) is 6.07 Å². The molecular formula is C26H17N5O2. The molecular weight excluding hydrogens is 414 g/mol. The van der Waals surface area contributed by atoms with Gasteiger partial charge in [0.25, 0.3) is 5.69 Å². The van der Waals surface area contributed by atoms with Crippen LogP contribution in [-0.2, 0) is 12.8 Å². The molecule has 0 aliphatic rings. The Bertz CT molecular complexity index is 1710. The van der Waals surface area contributed by atoms with Crippen molar-refractivity contribution in [3.63, 3.8) is 0 Å². The van der Waals surface area contributed by atoms with Crippen molar-refractivity contribution < 1.29 is 4.92 Å². The first-order valence-corrected chi connectivity index (χ1v) is 10.6. The van der Waals surface area contributed by atoms with E-state index in [0.717, 1.165) is 33.1 Å². The lowest BCUT2D eigenvalue weighted by Crippen LogP contribution is -2.02. The number of fused-ring (bicyclic) bond motifs is 4. The van der Waals surface area contributed by atoms with Gasteiger partial charge in [-0.15, -0.1) is 0 Å². The quantitative estimate of drug-likeness (QED) is 0.206. The molecule has 158 valence electrons. The number of nitro groups is 1. The van der Waals surface area contributed by atoms with Crippen LogP contribution in [0.4, 0.5) is 5.69 Å². The summed E-state index contributed by atoms with van der Waals surface area (Å²) in [7, 11) is 0. The molecule has 7 heteroatoms. The van der Waals surface area contributed by atoms with Gasteiger partial charge in [-0.1, -0.05) is 36.4 Å². The van der Waals surface area contributed by atoms with Gasteiger partial charge in [0.2, 0.25) is 0 Å². The number of rotatable bonds is 4. The van der Waals surface area contributed by atoms with Crippen molar-refractivity contribution >= 4 is 49.8 Å².